The highest BCUT2D eigenvalue weighted by Gasteiger charge is 2.45. The van der Waals surface area contributed by atoms with Gasteiger partial charge in [-0.15, -0.1) is 11.3 Å². The van der Waals surface area contributed by atoms with Crippen LogP contribution in [0.5, 0.6) is 0 Å². The summed E-state index contributed by atoms with van der Waals surface area (Å²) in [5.74, 6) is 1.83. The van der Waals surface area contributed by atoms with Gasteiger partial charge in [0.1, 0.15) is 16.5 Å². The standard InChI is InChI=1S/C16H23N3O2S2/c1-5-16(6-2)10-19(7-8-23(16,20)21)14-13-11(3)9-22-15(13)18-12(4)17-14/h9H,5-8,10H2,1-4H3. The highest BCUT2D eigenvalue weighted by molar-refractivity contribution is 7.92. The third kappa shape index (κ3) is 2.54. The van der Waals surface area contributed by atoms with E-state index in [0.29, 0.717) is 25.9 Å². The van der Waals surface area contributed by atoms with Gasteiger partial charge in [-0.2, -0.15) is 0 Å². The molecule has 3 rings (SSSR count). The molecule has 0 atom stereocenters. The summed E-state index contributed by atoms with van der Waals surface area (Å²) in [6, 6.07) is 0. The summed E-state index contributed by atoms with van der Waals surface area (Å²) < 4.78 is 24.6. The predicted molar refractivity (Wildman–Crippen MR) is 96.2 cm³/mol. The van der Waals surface area contributed by atoms with Crippen molar-refractivity contribution in [3.63, 3.8) is 0 Å². The van der Waals surface area contributed by atoms with Gasteiger partial charge in [0, 0.05) is 13.1 Å². The number of thiophene rings is 1. The Morgan fingerprint density at radius 2 is 1.96 bits per heavy atom. The van der Waals surface area contributed by atoms with E-state index in [1.165, 1.54) is 0 Å². The van der Waals surface area contributed by atoms with Crippen molar-refractivity contribution < 1.29 is 8.42 Å². The van der Waals surface area contributed by atoms with E-state index in [-0.39, 0.29) is 5.75 Å². The fourth-order valence-corrected chi connectivity index (χ4v) is 6.55. The number of fused-ring (bicyclic) bond motifs is 1. The van der Waals surface area contributed by atoms with Crippen LogP contribution in [0, 0.1) is 13.8 Å². The number of anilines is 1. The average molecular weight is 354 g/mol. The molecule has 0 N–H and O–H groups in total. The Bertz CT molecular complexity index is 838. The van der Waals surface area contributed by atoms with Gasteiger partial charge in [0.25, 0.3) is 0 Å². The zero-order chi connectivity index (χ0) is 16.8. The third-order valence-electron chi connectivity index (χ3n) is 5.07. The molecule has 2 aromatic heterocycles. The zero-order valence-electron chi connectivity index (χ0n) is 14.1. The summed E-state index contributed by atoms with van der Waals surface area (Å²) in [6.45, 7) is 8.93. The molecule has 0 aromatic carbocycles. The quantitative estimate of drug-likeness (QED) is 0.848. The average Bonchev–Trinajstić information content (AvgIpc) is 2.88. The Morgan fingerprint density at radius 3 is 2.61 bits per heavy atom. The van der Waals surface area contributed by atoms with Crippen molar-refractivity contribution >= 4 is 37.2 Å². The van der Waals surface area contributed by atoms with Crippen LogP contribution in [0.2, 0.25) is 0 Å². The highest BCUT2D eigenvalue weighted by atomic mass is 32.2. The lowest BCUT2D eigenvalue weighted by atomic mass is 10.0. The largest absolute Gasteiger partial charge is 0.353 e. The summed E-state index contributed by atoms with van der Waals surface area (Å²) in [7, 11) is -3.07. The summed E-state index contributed by atoms with van der Waals surface area (Å²) >= 11 is 1.62. The van der Waals surface area contributed by atoms with E-state index in [2.05, 4.69) is 27.2 Å². The lowest BCUT2D eigenvalue weighted by molar-refractivity contribution is 0.458. The Labute approximate surface area is 141 Å². The van der Waals surface area contributed by atoms with E-state index in [1.807, 2.05) is 20.8 Å². The lowest BCUT2D eigenvalue weighted by Gasteiger charge is -2.42. The third-order valence-corrected chi connectivity index (χ3v) is 8.80. The van der Waals surface area contributed by atoms with Crippen LogP contribution in [0.25, 0.3) is 10.2 Å². The van der Waals surface area contributed by atoms with Gasteiger partial charge in [-0.05, 0) is 37.6 Å². The molecule has 126 valence electrons. The van der Waals surface area contributed by atoms with Crippen LogP contribution in [0.15, 0.2) is 5.38 Å². The Kier molecular flexibility index (Phi) is 4.13. The molecular formula is C16H23N3O2S2. The molecule has 1 aliphatic heterocycles. The number of nitrogens with zero attached hydrogens (tertiary/aromatic N) is 3. The van der Waals surface area contributed by atoms with E-state index in [4.69, 9.17) is 0 Å². The van der Waals surface area contributed by atoms with Gasteiger partial charge in [-0.25, -0.2) is 18.4 Å². The van der Waals surface area contributed by atoms with Gasteiger partial charge in [-0.1, -0.05) is 13.8 Å². The molecular weight excluding hydrogens is 330 g/mol. The first-order chi connectivity index (χ1) is 10.8. The second-order valence-corrected chi connectivity index (χ2v) is 9.69. The summed E-state index contributed by atoms with van der Waals surface area (Å²) in [6.07, 6.45) is 1.27. The van der Waals surface area contributed by atoms with Crippen LogP contribution in [-0.4, -0.2) is 42.0 Å². The van der Waals surface area contributed by atoms with Crippen LogP contribution >= 0.6 is 11.3 Å². The molecule has 0 saturated carbocycles. The van der Waals surface area contributed by atoms with Crippen LogP contribution in [0.3, 0.4) is 0 Å². The minimum absolute atomic E-state index is 0.197. The van der Waals surface area contributed by atoms with Gasteiger partial charge in [0.2, 0.25) is 0 Å². The van der Waals surface area contributed by atoms with Crippen LogP contribution < -0.4 is 4.90 Å². The first-order valence-corrected chi connectivity index (χ1v) is 10.6. The van der Waals surface area contributed by atoms with Gasteiger partial charge >= 0.3 is 0 Å². The van der Waals surface area contributed by atoms with E-state index < -0.39 is 14.6 Å². The van der Waals surface area contributed by atoms with Crippen molar-refractivity contribution in [2.24, 2.45) is 0 Å². The summed E-state index contributed by atoms with van der Waals surface area (Å²) in [5, 5.41) is 3.16. The Morgan fingerprint density at radius 1 is 1.26 bits per heavy atom. The van der Waals surface area contributed by atoms with Crippen LogP contribution in [0.4, 0.5) is 5.82 Å². The first-order valence-electron chi connectivity index (χ1n) is 8.03. The number of sulfone groups is 1. The minimum atomic E-state index is -3.07. The zero-order valence-corrected chi connectivity index (χ0v) is 15.7. The molecule has 0 amide bonds. The fraction of sp³-hybridized carbons (Fsp3) is 0.625. The van der Waals surface area contributed by atoms with E-state index >= 15 is 0 Å². The molecule has 7 heteroatoms. The smallest absolute Gasteiger partial charge is 0.159 e. The number of hydrogen-bond acceptors (Lipinski definition) is 6. The second-order valence-electron chi connectivity index (χ2n) is 6.32. The second kappa shape index (κ2) is 5.70. The van der Waals surface area contributed by atoms with Crippen molar-refractivity contribution in [1.82, 2.24) is 9.97 Å². The number of rotatable bonds is 3. The van der Waals surface area contributed by atoms with Crippen molar-refractivity contribution in [2.45, 2.75) is 45.3 Å². The molecule has 0 spiro atoms. The van der Waals surface area contributed by atoms with Crippen molar-refractivity contribution in [2.75, 3.05) is 23.7 Å². The maximum atomic E-state index is 12.6. The summed E-state index contributed by atoms with van der Waals surface area (Å²) in [4.78, 5) is 12.3. The fourth-order valence-electron chi connectivity index (χ4n) is 3.46. The monoisotopic (exact) mass is 353 g/mol. The maximum absolute atomic E-state index is 12.6. The van der Waals surface area contributed by atoms with Crippen LogP contribution in [0.1, 0.15) is 38.1 Å². The number of hydrogen-bond donors (Lipinski definition) is 0. The van der Waals surface area contributed by atoms with Gasteiger partial charge in [0.15, 0.2) is 9.84 Å². The molecule has 5 nitrogen and oxygen atoms in total. The molecule has 1 aliphatic rings. The minimum Gasteiger partial charge on any atom is -0.353 e. The number of aryl methyl sites for hydroxylation is 2. The van der Waals surface area contributed by atoms with Crippen LogP contribution in [-0.2, 0) is 9.84 Å². The molecule has 2 aromatic rings. The highest BCUT2D eigenvalue weighted by Crippen LogP contribution is 2.37. The Hall–Kier alpha value is -1.21. The van der Waals surface area contributed by atoms with E-state index in [0.717, 1.165) is 27.4 Å². The Balaban J connectivity index is 2.12. The molecule has 1 fully saturated rings. The molecule has 0 unspecified atom stereocenters. The van der Waals surface area contributed by atoms with Crippen molar-refractivity contribution in [3.05, 3.63) is 16.8 Å². The van der Waals surface area contributed by atoms with Gasteiger partial charge in [-0.3, -0.25) is 0 Å². The molecule has 0 radical (unpaired) electrons. The van der Waals surface area contributed by atoms with Crippen molar-refractivity contribution in [3.8, 4) is 0 Å². The molecule has 23 heavy (non-hydrogen) atoms. The lowest BCUT2D eigenvalue weighted by Crippen LogP contribution is -2.56. The molecule has 1 saturated heterocycles. The van der Waals surface area contributed by atoms with Crippen molar-refractivity contribution in [1.29, 1.82) is 0 Å². The molecule has 0 aliphatic carbocycles. The van der Waals surface area contributed by atoms with Gasteiger partial charge in [0.05, 0.1) is 15.9 Å². The molecule has 0 bridgehead atoms. The van der Waals surface area contributed by atoms with E-state index in [9.17, 15) is 8.42 Å². The number of aromatic nitrogens is 2. The normalized spacial score (nSPS) is 20.1. The first kappa shape index (κ1) is 16.6. The summed E-state index contributed by atoms with van der Waals surface area (Å²) in [5.41, 5.74) is 1.16. The topological polar surface area (TPSA) is 63.2 Å². The van der Waals surface area contributed by atoms with E-state index in [1.54, 1.807) is 11.3 Å². The maximum Gasteiger partial charge on any atom is 0.159 e. The predicted octanol–water partition coefficient (Wildman–Crippen LogP) is 3.10. The van der Waals surface area contributed by atoms with Gasteiger partial charge < -0.3 is 4.90 Å². The SMILES string of the molecule is CCC1(CC)CN(c2nc(C)nc3scc(C)c23)CCS1(=O)=O. The molecule has 3 heterocycles.